The van der Waals surface area contributed by atoms with E-state index in [1.807, 2.05) is 36.4 Å². The average molecular weight is 580 g/mol. The quantitative estimate of drug-likeness (QED) is 0.136. The average Bonchev–Trinajstić information content (AvgIpc) is 2.82. The van der Waals surface area contributed by atoms with Crippen LogP contribution in [0.5, 0.6) is 5.75 Å². The van der Waals surface area contributed by atoms with Gasteiger partial charge in [0.15, 0.2) is 0 Å². The molecule has 0 radical (unpaired) electrons. The molecular weight excluding hydrogens is 563 g/mol. The van der Waals surface area contributed by atoms with E-state index in [1.165, 1.54) is 24.3 Å². The summed E-state index contributed by atoms with van der Waals surface area (Å²) in [4.78, 5) is 12.6. The SMILES string of the molecule is N#C/C(=C\c1cccc(OS(=O)(=O)c2ccc3ccccc3c2)c1)C(=O)Nc1cccc(I)c1. The molecule has 4 rings (SSSR count). The second-order valence-electron chi connectivity index (χ2n) is 7.25. The molecule has 0 aliphatic rings. The molecule has 34 heavy (non-hydrogen) atoms. The van der Waals surface area contributed by atoms with Crippen molar-refractivity contribution in [3.8, 4) is 11.8 Å². The van der Waals surface area contributed by atoms with Crippen molar-refractivity contribution in [2.45, 2.75) is 4.90 Å². The molecule has 0 spiro atoms. The molecule has 0 saturated carbocycles. The molecule has 0 saturated heterocycles. The number of hydrogen-bond acceptors (Lipinski definition) is 5. The Bertz CT molecular complexity index is 1570. The molecule has 6 nitrogen and oxygen atoms in total. The molecule has 0 bridgehead atoms. The fourth-order valence-corrected chi connectivity index (χ4v) is 4.74. The molecule has 4 aromatic rings. The van der Waals surface area contributed by atoms with Crippen LogP contribution in [-0.4, -0.2) is 14.3 Å². The van der Waals surface area contributed by atoms with Crippen molar-refractivity contribution in [3.05, 3.63) is 106 Å². The van der Waals surface area contributed by atoms with Gasteiger partial charge in [-0.15, -0.1) is 0 Å². The van der Waals surface area contributed by atoms with Gasteiger partial charge in [-0.05, 0) is 87.5 Å². The highest BCUT2D eigenvalue weighted by Crippen LogP contribution is 2.24. The maximum atomic E-state index is 12.8. The zero-order valence-electron chi connectivity index (χ0n) is 17.6. The summed E-state index contributed by atoms with van der Waals surface area (Å²) in [5, 5.41) is 13.9. The lowest BCUT2D eigenvalue weighted by atomic mass is 10.1. The number of fused-ring (bicyclic) bond motifs is 1. The minimum atomic E-state index is -4.08. The fourth-order valence-electron chi connectivity index (χ4n) is 3.23. The van der Waals surface area contributed by atoms with Gasteiger partial charge in [0.2, 0.25) is 0 Å². The van der Waals surface area contributed by atoms with E-state index in [2.05, 4.69) is 27.9 Å². The van der Waals surface area contributed by atoms with Gasteiger partial charge < -0.3 is 9.50 Å². The number of amides is 1. The summed E-state index contributed by atoms with van der Waals surface area (Å²) in [6, 6.07) is 27.4. The molecule has 0 unspecified atom stereocenters. The van der Waals surface area contributed by atoms with E-state index in [9.17, 15) is 18.5 Å². The van der Waals surface area contributed by atoms with Crippen molar-refractivity contribution in [1.82, 2.24) is 0 Å². The van der Waals surface area contributed by atoms with Crippen LogP contribution in [-0.2, 0) is 14.9 Å². The first-order valence-corrected chi connectivity index (χ1v) is 12.5. The number of nitrogens with one attached hydrogen (secondary N) is 1. The fraction of sp³-hybridized carbons (Fsp3) is 0. The van der Waals surface area contributed by atoms with Gasteiger partial charge in [-0.2, -0.15) is 13.7 Å². The lowest BCUT2D eigenvalue weighted by molar-refractivity contribution is -0.112. The third-order valence-corrected chi connectivity index (χ3v) is 6.75. The van der Waals surface area contributed by atoms with Crippen molar-refractivity contribution < 1.29 is 17.4 Å². The molecule has 8 heteroatoms. The van der Waals surface area contributed by atoms with Crippen LogP contribution in [0.25, 0.3) is 16.8 Å². The normalized spacial score (nSPS) is 11.6. The van der Waals surface area contributed by atoms with Crippen LogP contribution in [0.3, 0.4) is 0 Å². The Morgan fingerprint density at radius 1 is 0.912 bits per heavy atom. The summed E-state index contributed by atoms with van der Waals surface area (Å²) in [6.07, 6.45) is 1.37. The molecular formula is C26H17IN2O4S. The number of rotatable bonds is 6. The van der Waals surface area contributed by atoms with Gasteiger partial charge in [-0.3, -0.25) is 4.79 Å². The summed E-state index contributed by atoms with van der Waals surface area (Å²) >= 11 is 2.13. The maximum Gasteiger partial charge on any atom is 0.339 e. The highest BCUT2D eigenvalue weighted by atomic mass is 127. The maximum absolute atomic E-state index is 12.8. The van der Waals surface area contributed by atoms with Crippen LogP contribution < -0.4 is 9.50 Å². The summed E-state index contributed by atoms with van der Waals surface area (Å²) < 4.78 is 31.9. The van der Waals surface area contributed by atoms with E-state index in [0.29, 0.717) is 11.3 Å². The van der Waals surface area contributed by atoms with E-state index >= 15 is 0 Å². The minimum Gasteiger partial charge on any atom is -0.379 e. The largest absolute Gasteiger partial charge is 0.379 e. The Morgan fingerprint density at radius 3 is 2.44 bits per heavy atom. The number of nitriles is 1. The predicted octanol–water partition coefficient (Wildman–Crippen LogP) is 5.76. The van der Waals surface area contributed by atoms with Crippen molar-refractivity contribution in [1.29, 1.82) is 5.26 Å². The van der Waals surface area contributed by atoms with Crippen LogP contribution in [0.15, 0.2) is 101 Å². The lowest BCUT2D eigenvalue weighted by Crippen LogP contribution is -2.13. The van der Waals surface area contributed by atoms with E-state index in [-0.39, 0.29) is 16.2 Å². The number of hydrogen-bond donors (Lipinski definition) is 1. The van der Waals surface area contributed by atoms with Gasteiger partial charge in [0, 0.05) is 9.26 Å². The third kappa shape index (κ3) is 5.62. The van der Waals surface area contributed by atoms with Gasteiger partial charge in [0.25, 0.3) is 5.91 Å². The highest BCUT2D eigenvalue weighted by Gasteiger charge is 2.17. The summed E-state index contributed by atoms with van der Waals surface area (Å²) in [7, 11) is -4.08. The molecule has 4 aromatic carbocycles. The Balaban J connectivity index is 1.56. The van der Waals surface area contributed by atoms with Gasteiger partial charge >= 0.3 is 10.1 Å². The number of nitrogens with zero attached hydrogens (tertiary/aromatic N) is 1. The first kappa shape index (κ1) is 23.5. The summed E-state index contributed by atoms with van der Waals surface area (Å²) in [5.41, 5.74) is 0.880. The van der Waals surface area contributed by atoms with Crippen molar-refractivity contribution in [2.24, 2.45) is 0 Å². The van der Waals surface area contributed by atoms with Crippen molar-refractivity contribution in [2.75, 3.05) is 5.32 Å². The monoisotopic (exact) mass is 580 g/mol. The van der Waals surface area contributed by atoms with Crippen LogP contribution in [0.2, 0.25) is 0 Å². The van der Waals surface area contributed by atoms with Gasteiger partial charge in [-0.25, -0.2) is 0 Å². The molecule has 0 atom stereocenters. The number of carbonyl (C=O) groups excluding carboxylic acids is 1. The summed E-state index contributed by atoms with van der Waals surface area (Å²) in [5.74, 6) is -0.503. The molecule has 0 aliphatic carbocycles. The predicted molar refractivity (Wildman–Crippen MR) is 140 cm³/mol. The number of halogens is 1. The smallest absolute Gasteiger partial charge is 0.339 e. The number of benzene rings is 4. The molecule has 0 heterocycles. The molecule has 1 amide bonds. The topological polar surface area (TPSA) is 96.3 Å². The van der Waals surface area contributed by atoms with Gasteiger partial charge in [0.05, 0.1) is 0 Å². The van der Waals surface area contributed by atoms with Gasteiger partial charge in [-0.1, -0.05) is 48.5 Å². The van der Waals surface area contributed by atoms with E-state index in [4.69, 9.17) is 4.18 Å². The number of carbonyl (C=O) groups is 1. The van der Waals surface area contributed by atoms with Crippen LogP contribution >= 0.6 is 22.6 Å². The van der Waals surface area contributed by atoms with Gasteiger partial charge in [0.1, 0.15) is 22.3 Å². The molecule has 0 aliphatic heterocycles. The molecule has 0 fully saturated rings. The highest BCUT2D eigenvalue weighted by molar-refractivity contribution is 14.1. The first-order valence-electron chi connectivity index (χ1n) is 10.1. The molecule has 1 N–H and O–H groups in total. The second-order valence-corrected chi connectivity index (χ2v) is 10.0. The third-order valence-electron chi connectivity index (χ3n) is 4.83. The first-order chi connectivity index (χ1) is 16.3. The minimum absolute atomic E-state index is 0.0294. The van der Waals surface area contributed by atoms with Crippen LogP contribution in [0, 0.1) is 14.9 Å². The van der Waals surface area contributed by atoms with Crippen LogP contribution in [0.1, 0.15) is 5.56 Å². The van der Waals surface area contributed by atoms with E-state index in [1.54, 1.807) is 42.5 Å². The molecule has 168 valence electrons. The van der Waals surface area contributed by atoms with Crippen molar-refractivity contribution in [3.63, 3.8) is 0 Å². The Morgan fingerprint density at radius 2 is 1.68 bits per heavy atom. The Kier molecular flexibility index (Phi) is 6.95. The zero-order chi connectivity index (χ0) is 24.1. The Labute approximate surface area is 210 Å². The second kappa shape index (κ2) is 10.1. The molecule has 0 aromatic heterocycles. The zero-order valence-corrected chi connectivity index (χ0v) is 20.6. The van der Waals surface area contributed by atoms with Crippen molar-refractivity contribution >= 4 is 61.2 Å². The van der Waals surface area contributed by atoms with E-state index in [0.717, 1.165) is 14.3 Å². The number of anilines is 1. The van der Waals surface area contributed by atoms with Crippen LogP contribution in [0.4, 0.5) is 5.69 Å². The lowest BCUT2D eigenvalue weighted by Gasteiger charge is -2.09. The van der Waals surface area contributed by atoms with E-state index < -0.39 is 16.0 Å². The summed E-state index contributed by atoms with van der Waals surface area (Å²) in [6.45, 7) is 0. The Hall–Kier alpha value is -3.68. The standard InChI is InChI=1S/C26H17IN2O4S/c27-22-8-4-9-23(16-22)29-26(30)21(17-28)13-18-5-3-10-24(14-18)33-34(31,32)25-12-11-19-6-1-2-7-20(19)15-25/h1-16H,(H,29,30)/b21-13+.